The first-order valence-electron chi connectivity index (χ1n) is 6.36. The van der Waals surface area contributed by atoms with Crippen molar-refractivity contribution >= 4 is 22.8 Å². The Morgan fingerprint density at radius 2 is 1.84 bits per heavy atom. The minimum absolute atomic E-state index is 0.0287. The van der Waals surface area contributed by atoms with Crippen LogP contribution in [0.1, 0.15) is 24.2 Å². The summed E-state index contributed by atoms with van der Waals surface area (Å²) in [6.45, 7) is 4.43. The highest BCUT2D eigenvalue weighted by Crippen LogP contribution is 2.30. The van der Waals surface area contributed by atoms with E-state index in [0.29, 0.717) is 11.3 Å². The molecular formula is C16H18N2O. The van der Waals surface area contributed by atoms with Crippen LogP contribution in [0.2, 0.25) is 0 Å². The second-order valence-corrected chi connectivity index (χ2v) is 4.41. The minimum Gasteiger partial charge on any atom is -0.397 e. The maximum atomic E-state index is 11.3. The lowest BCUT2D eigenvalue weighted by molar-refractivity contribution is 0.101. The zero-order chi connectivity index (χ0) is 13.8. The molecule has 98 valence electrons. The summed E-state index contributed by atoms with van der Waals surface area (Å²) in [7, 11) is 0. The summed E-state index contributed by atoms with van der Waals surface area (Å²) in [5.74, 6) is 0.0287. The number of anilines is 3. The fraction of sp³-hybridized carbons (Fsp3) is 0.188. The highest BCUT2D eigenvalue weighted by atomic mass is 16.1. The Bertz CT molecular complexity index is 579. The maximum Gasteiger partial charge on any atom is 0.159 e. The van der Waals surface area contributed by atoms with Crippen molar-refractivity contribution < 1.29 is 4.79 Å². The van der Waals surface area contributed by atoms with Crippen LogP contribution in [-0.4, -0.2) is 12.3 Å². The van der Waals surface area contributed by atoms with Gasteiger partial charge in [-0.3, -0.25) is 4.79 Å². The molecule has 0 aliphatic carbocycles. The minimum atomic E-state index is 0.0287. The van der Waals surface area contributed by atoms with E-state index < -0.39 is 0 Å². The van der Waals surface area contributed by atoms with Gasteiger partial charge >= 0.3 is 0 Å². The Morgan fingerprint density at radius 1 is 1.16 bits per heavy atom. The second kappa shape index (κ2) is 5.57. The number of para-hydroxylation sites is 1. The molecule has 0 saturated carbocycles. The molecule has 0 atom stereocenters. The summed E-state index contributed by atoms with van der Waals surface area (Å²) in [6, 6.07) is 15.5. The number of carbonyl (C=O) groups excluding carboxylic acids is 1. The van der Waals surface area contributed by atoms with Gasteiger partial charge in [-0.15, -0.1) is 0 Å². The van der Waals surface area contributed by atoms with Crippen molar-refractivity contribution in [3.63, 3.8) is 0 Å². The predicted molar refractivity (Wildman–Crippen MR) is 80.0 cm³/mol. The zero-order valence-corrected chi connectivity index (χ0v) is 11.3. The van der Waals surface area contributed by atoms with E-state index in [-0.39, 0.29) is 5.78 Å². The quantitative estimate of drug-likeness (QED) is 0.669. The molecule has 0 radical (unpaired) electrons. The van der Waals surface area contributed by atoms with Crippen LogP contribution in [0, 0.1) is 0 Å². The average molecular weight is 254 g/mol. The standard InChI is InChI=1S/C16H18N2O/c1-3-18(14-7-5-4-6-8-14)16-10-9-13(12(2)19)11-15(16)17/h4-11H,3,17H2,1-2H3. The number of nitrogens with zero attached hydrogens (tertiary/aromatic N) is 1. The number of nitrogen functional groups attached to an aromatic ring is 1. The smallest absolute Gasteiger partial charge is 0.159 e. The molecule has 0 amide bonds. The predicted octanol–water partition coefficient (Wildman–Crippen LogP) is 3.63. The lowest BCUT2D eigenvalue weighted by Gasteiger charge is -2.25. The zero-order valence-electron chi connectivity index (χ0n) is 11.3. The molecule has 3 heteroatoms. The molecule has 0 fully saturated rings. The van der Waals surface area contributed by atoms with E-state index in [1.54, 1.807) is 13.0 Å². The summed E-state index contributed by atoms with van der Waals surface area (Å²) in [4.78, 5) is 13.5. The van der Waals surface area contributed by atoms with Gasteiger partial charge in [0.15, 0.2) is 5.78 Å². The van der Waals surface area contributed by atoms with E-state index >= 15 is 0 Å². The lowest BCUT2D eigenvalue weighted by Crippen LogP contribution is -2.17. The first-order chi connectivity index (χ1) is 9.13. The number of rotatable bonds is 4. The van der Waals surface area contributed by atoms with E-state index in [1.165, 1.54) is 0 Å². The van der Waals surface area contributed by atoms with E-state index in [1.807, 2.05) is 42.5 Å². The van der Waals surface area contributed by atoms with E-state index in [4.69, 9.17) is 5.73 Å². The SMILES string of the molecule is CCN(c1ccccc1)c1ccc(C(C)=O)cc1N. The van der Waals surface area contributed by atoms with Gasteiger partial charge < -0.3 is 10.6 Å². The van der Waals surface area contributed by atoms with Gasteiger partial charge in [-0.1, -0.05) is 18.2 Å². The molecule has 0 aliphatic heterocycles. The fourth-order valence-electron chi connectivity index (χ4n) is 2.12. The van der Waals surface area contributed by atoms with Crippen molar-refractivity contribution in [2.45, 2.75) is 13.8 Å². The molecular weight excluding hydrogens is 236 g/mol. The third kappa shape index (κ3) is 2.76. The van der Waals surface area contributed by atoms with Crippen molar-refractivity contribution in [3.8, 4) is 0 Å². The van der Waals surface area contributed by atoms with Crippen molar-refractivity contribution in [3.05, 3.63) is 54.1 Å². The van der Waals surface area contributed by atoms with E-state index in [0.717, 1.165) is 17.9 Å². The highest BCUT2D eigenvalue weighted by molar-refractivity contribution is 5.96. The fourth-order valence-corrected chi connectivity index (χ4v) is 2.12. The first kappa shape index (κ1) is 13.1. The van der Waals surface area contributed by atoms with Gasteiger partial charge in [0.1, 0.15) is 0 Å². The van der Waals surface area contributed by atoms with E-state index in [9.17, 15) is 4.79 Å². The van der Waals surface area contributed by atoms with Crippen LogP contribution in [-0.2, 0) is 0 Å². The number of nitrogens with two attached hydrogens (primary N) is 1. The van der Waals surface area contributed by atoms with Crippen LogP contribution >= 0.6 is 0 Å². The topological polar surface area (TPSA) is 46.3 Å². The molecule has 0 aliphatic rings. The van der Waals surface area contributed by atoms with Crippen molar-refractivity contribution in [2.75, 3.05) is 17.2 Å². The molecule has 0 unspecified atom stereocenters. The third-order valence-electron chi connectivity index (χ3n) is 3.11. The molecule has 0 saturated heterocycles. The van der Waals surface area contributed by atoms with Crippen LogP contribution in [0.15, 0.2) is 48.5 Å². The van der Waals surface area contributed by atoms with Gasteiger partial charge in [-0.05, 0) is 44.2 Å². The Labute approximate surface area is 113 Å². The van der Waals surface area contributed by atoms with Gasteiger partial charge in [0.05, 0.1) is 11.4 Å². The van der Waals surface area contributed by atoms with Crippen LogP contribution in [0.3, 0.4) is 0 Å². The number of ketones is 1. The second-order valence-electron chi connectivity index (χ2n) is 4.41. The van der Waals surface area contributed by atoms with Gasteiger partial charge in [-0.2, -0.15) is 0 Å². The molecule has 19 heavy (non-hydrogen) atoms. The number of hydrogen-bond donors (Lipinski definition) is 1. The molecule has 0 spiro atoms. The summed E-state index contributed by atoms with van der Waals surface area (Å²) >= 11 is 0. The Balaban J connectivity index is 2.42. The monoisotopic (exact) mass is 254 g/mol. The number of hydrogen-bond acceptors (Lipinski definition) is 3. The third-order valence-corrected chi connectivity index (χ3v) is 3.11. The number of Topliss-reactive ketones (excluding diaryl/α,β-unsaturated/α-hetero) is 1. The van der Waals surface area contributed by atoms with Crippen LogP contribution in [0.25, 0.3) is 0 Å². The molecule has 2 aromatic rings. The normalized spacial score (nSPS) is 10.2. The van der Waals surface area contributed by atoms with E-state index in [2.05, 4.69) is 11.8 Å². The molecule has 0 heterocycles. The van der Waals surface area contributed by atoms with Crippen molar-refractivity contribution in [1.82, 2.24) is 0 Å². The molecule has 2 aromatic carbocycles. The van der Waals surface area contributed by atoms with Gasteiger partial charge in [-0.25, -0.2) is 0 Å². The molecule has 0 bridgehead atoms. The molecule has 0 aromatic heterocycles. The van der Waals surface area contributed by atoms with Gasteiger partial charge in [0, 0.05) is 17.8 Å². The van der Waals surface area contributed by atoms with Gasteiger partial charge in [0.2, 0.25) is 0 Å². The Hall–Kier alpha value is -2.29. The summed E-state index contributed by atoms with van der Waals surface area (Å²) < 4.78 is 0. The molecule has 2 N–H and O–H groups in total. The first-order valence-corrected chi connectivity index (χ1v) is 6.36. The van der Waals surface area contributed by atoms with Crippen molar-refractivity contribution in [2.24, 2.45) is 0 Å². The summed E-state index contributed by atoms with van der Waals surface area (Å²) in [5.41, 5.74) is 9.37. The lowest BCUT2D eigenvalue weighted by atomic mass is 10.1. The molecule has 2 rings (SSSR count). The summed E-state index contributed by atoms with van der Waals surface area (Å²) in [6.07, 6.45) is 0. The largest absolute Gasteiger partial charge is 0.397 e. The molecule has 3 nitrogen and oxygen atoms in total. The number of carbonyl (C=O) groups is 1. The number of benzene rings is 2. The van der Waals surface area contributed by atoms with Crippen LogP contribution in [0.5, 0.6) is 0 Å². The average Bonchev–Trinajstić information content (AvgIpc) is 2.42. The van der Waals surface area contributed by atoms with Crippen LogP contribution in [0.4, 0.5) is 17.1 Å². The summed E-state index contributed by atoms with van der Waals surface area (Å²) in [5, 5.41) is 0. The van der Waals surface area contributed by atoms with Gasteiger partial charge in [0.25, 0.3) is 0 Å². The Morgan fingerprint density at radius 3 is 2.37 bits per heavy atom. The van der Waals surface area contributed by atoms with Crippen LogP contribution < -0.4 is 10.6 Å². The maximum absolute atomic E-state index is 11.3. The highest BCUT2D eigenvalue weighted by Gasteiger charge is 2.11. The van der Waals surface area contributed by atoms with Crippen molar-refractivity contribution in [1.29, 1.82) is 0 Å². The Kier molecular flexibility index (Phi) is 3.85.